The number of carboxylic acid groups (broad SMARTS) is 1. The molecule has 0 saturated carbocycles. The van der Waals surface area contributed by atoms with Gasteiger partial charge in [0.1, 0.15) is 0 Å². The fourth-order valence-electron chi connectivity index (χ4n) is 3.11. The van der Waals surface area contributed by atoms with Crippen LogP contribution in [0, 0.1) is 6.92 Å². The number of carbonyl (C=O) groups excluding carboxylic acids is 1. The highest BCUT2D eigenvalue weighted by molar-refractivity contribution is 7.89. The van der Waals surface area contributed by atoms with Crippen LogP contribution in [0.1, 0.15) is 38.2 Å². The Kier molecular flexibility index (Phi) is 11.8. The summed E-state index contributed by atoms with van der Waals surface area (Å²) in [7, 11) is -3.58. The highest BCUT2D eigenvalue weighted by Gasteiger charge is 2.38. The first-order valence-electron chi connectivity index (χ1n) is 10.7. The normalized spacial score (nSPS) is 14.5. The average Bonchev–Trinajstić information content (AvgIpc) is 2.76. The maximum atomic E-state index is 13.1. The van der Waals surface area contributed by atoms with Crippen molar-refractivity contribution >= 4 is 21.9 Å². The molecule has 1 saturated heterocycles. The van der Waals surface area contributed by atoms with E-state index in [0.717, 1.165) is 37.9 Å². The number of rotatable bonds is 9. The van der Waals surface area contributed by atoms with Crippen LogP contribution >= 0.6 is 0 Å². The van der Waals surface area contributed by atoms with Crippen molar-refractivity contribution in [2.45, 2.75) is 50.6 Å². The number of unbranched alkanes of at least 4 members (excludes halogenated alkanes) is 2. The molecular formula is C21H32F3N3O5S. The molecule has 1 fully saturated rings. The molecule has 0 atom stereocenters. The van der Waals surface area contributed by atoms with Gasteiger partial charge in [-0.25, -0.2) is 13.2 Å². The van der Waals surface area contributed by atoms with Crippen molar-refractivity contribution in [3.8, 4) is 0 Å². The largest absolute Gasteiger partial charge is 0.490 e. The second kappa shape index (κ2) is 13.5. The molecule has 1 heterocycles. The molecule has 2 N–H and O–H groups in total. The number of nitrogens with zero attached hydrogens (tertiary/aromatic N) is 2. The van der Waals surface area contributed by atoms with Gasteiger partial charge in [0.25, 0.3) is 0 Å². The molecule has 0 spiro atoms. The molecule has 0 unspecified atom stereocenters. The van der Waals surface area contributed by atoms with Gasteiger partial charge in [-0.2, -0.15) is 17.5 Å². The number of carbonyl (C=O) groups is 2. The van der Waals surface area contributed by atoms with Crippen LogP contribution in [0.5, 0.6) is 0 Å². The first-order valence-corrected chi connectivity index (χ1v) is 12.2. The highest BCUT2D eigenvalue weighted by Crippen LogP contribution is 2.18. The molecule has 33 heavy (non-hydrogen) atoms. The van der Waals surface area contributed by atoms with Crippen molar-refractivity contribution in [2.24, 2.45) is 0 Å². The van der Waals surface area contributed by atoms with Crippen LogP contribution < -0.4 is 5.32 Å². The summed E-state index contributed by atoms with van der Waals surface area (Å²) in [5, 5.41) is 10.3. The van der Waals surface area contributed by atoms with Gasteiger partial charge in [0, 0.05) is 45.7 Å². The van der Waals surface area contributed by atoms with E-state index in [1.165, 1.54) is 4.31 Å². The summed E-state index contributed by atoms with van der Waals surface area (Å²) in [5.74, 6) is -2.72. The quantitative estimate of drug-likeness (QED) is 0.510. The molecule has 1 aliphatic heterocycles. The third kappa shape index (κ3) is 10.1. The van der Waals surface area contributed by atoms with Crippen LogP contribution in [-0.2, 0) is 19.6 Å². The summed E-state index contributed by atoms with van der Waals surface area (Å²) in [5.41, 5.74) is 0.913. The number of carboxylic acids is 1. The molecule has 0 bridgehead atoms. The van der Waals surface area contributed by atoms with Gasteiger partial charge in [0.2, 0.25) is 15.9 Å². The second-order valence-corrected chi connectivity index (χ2v) is 9.55. The van der Waals surface area contributed by atoms with E-state index in [0.29, 0.717) is 24.5 Å². The fourth-order valence-corrected chi connectivity index (χ4v) is 4.69. The smallest absolute Gasteiger partial charge is 0.475 e. The van der Waals surface area contributed by atoms with Gasteiger partial charge in [-0.05, 0) is 31.0 Å². The summed E-state index contributed by atoms with van der Waals surface area (Å²) >= 11 is 0. The Hall–Kier alpha value is -2.18. The van der Waals surface area contributed by atoms with Crippen molar-refractivity contribution in [1.82, 2.24) is 14.5 Å². The third-order valence-electron chi connectivity index (χ3n) is 4.93. The van der Waals surface area contributed by atoms with E-state index in [2.05, 4.69) is 12.2 Å². The molecule has 188 valence electrons. The Bertz CT molecular complexity index is 872. The molecule has 0 aliphatic carbocycles. The lowest BCUT2D eigenvalue weighted by Crippen LogP contribution is -2.47. The zero-order chi connectivity index (χ0) is 25.1. The van der Waals surface area contributed by atoms with E-state index in [1.807, 2.05) is 17.9 Å². The zero-order valence-corrected chi connectivity index (χ0v) is 19.7. The van der Waals surface area contributed by atoms with Gasteiger partial charge >= 0.3 is 12.1 Å². The van der Waals surface area contributed by atoms with Crippen molar-refractivity contribution in [1.29, 1.82) is 0 Å². The van der Waals surface area contributed by atoms with Crippen LogP contribution in [0.25, 0.3) is 0 Å². The van der Waals surface area contributed by atoms with Crippen molar-refractivity contribution in [3.05, 3.63) is 29.8 Å². The first kappa shape index (κ1) is 28.9. The van der Waals surface area contributed by atoms with Crippen LogP contribution in [-0.4, -0.2) is 80.1 Å². The number of sulfonamides is 1. The van der Waals surface area contributed by atoms with Crippen molar-refractivity contribution in [2.75, 3.05) is 39.3 Å². The van der Waals surface area contributed by atoms with Crippen LogP contribution in [0.4, 0.5) is 13.2 Å². The Morgan fingerprint density at radius 1 is 1.15 bits per heavy atom. The molecule has 0 aromatic heterocycles. The summed E-state index contributed by atoms with van der Waals surface area (Å²) in [6, 6.07) is 6.97. The Morgan fingerprint density at radius 3 is 2.27 bits per heavy atom. The standard InChI is InChI=1S/C19H31N3O3S.C2HF3O2/c1-3-4-5-12-22(13-9-19(23)21-14-10-20-11-15-21)26(24,25)18-8-6-7-17(2)16-18;3-2(4,5)1(6)7/h6-8,16,20H,3-5,9-15H2,1-2H3;(H,6,7). The minimum atomic E-state index is -5.08. The van der Waals surface area contributed by atoms with E-state index in [-0.39, 0.29) is 18.9 Å². The van der Waals surface area contributed by atoms with Crippen LogP contribution in [0.15, 0.2) is 29.2 Å². The minimum Gasteiger partial charge on any atom is -0.475 e. The lowest BCUT2D eigenvalue weighted by molar-refractivity contribution is -0.192. The molecule has 8 nitrogen and oxygen atoms in total. The van der Waals surface area contributed by atoms with Gasteiger partial charge in [-0.3, -0.25) is 4.79 Å². The Labute approximate surface area is 192 Å². The van der Waals surface area contributed by atoms with E-state index in [1.54, 1.807) is 18.2 Å². The molecule has 12 heteroatoms. The number of alkyl halides is 3. The molecule has 1 aliphatic rings. The highest BCUT2D eigenvalue weighted by atomic mass is 32.2. The van der Waals surface area contributed by atoms with Crippen LogP contribution in [0.3, 0.4) is 0 Å². The predicted octanol–water partition coefficient (Wildman–Crippen LogP) is 2.63. The minimum absolute atomic E-state index is 0.0337. The van der Waals surface area contributed by atoms with E-state index in [4.69, 9.17) is 9.90 Å². The van der Waals surface area contributed by atoms with E-state index >= 15 is 0 Å². The monoisotopic (exact) mass is 495 g/mol. The third-order valence-corrected chi connectivity index (χ3v) is 6.82. The Morgan fingerprint density at radius 2 is 1.76 bits per heavy atom. The predicted molar refractivity (Wildman–Crippen MR) is 117 cm³/mol. The van der Waals surface area contributed by atoms with Crippen LogP contribution in [0.2, 0.25) is 0 Å². The van der Waals surface area contributed by atoms with Crippen molar-refractivity contribution in [3.63, 3.8) is 0 Å². The van der Waals surface area contributed by atoms with E-state index < -0.39 is 22.2 Å². The summed E-state index contributed by atoms with van der Waals surface area (Å²) in [4.78, 5) is 23.5. The van der Waals surface area contributed by atoms with Gasteiger partial charge < -0.3 is 15.3 Å². The van der Waals surface area contributed by atoms with Gasteiger partial charge in [-0.1, -0.05) is 31.9 Å². The summed E-state index contributed by atoms with van der Waals surface area (Å²) in [6.45, 7) is 7.66. The fraction of sp³-hybridized carbons (Fsp3) is 0.619. The number of halogens is 3. The SMILES string of the molecule is CCCCCN(CCC(=O)N1CCNCC1)S(=O)(=O)c1cccc(C)c1.O=C(O)C(F)(F)F. The molecule has 2 rings (SSSR count). The second-order valence-electron chi connectivity index (χ2n) is 7.61. The molecule has 0 radical (unpaired) electrons. The maximum Gasteiger partial charge on any atom is 0.490 e. The number of amides is 1. The van der Waals surface area contributed by atoms with Crippen molar-refractivity contribution < 1.29 is 36.3 Å². The topological polar surface area (TPSA) is 107 Å². The lowest BCUT2D eigenvalue weighted by Gasteiger charge is -2.29. The zero-order valence-electron chi connectivity index (χ0n) is 18.9. The number of nitrogens with one attached hydrogen (secondary N) is 1. The summed E-state index contributed by atoms with van der Waals surface area (Å²) in [6.07, 6.45) is -2.04. The van der Waals surface area contributed by atoms with E-state index in [9.17, 15) is 26.4 Å². The molecular weight excluding hydrogens is 463 g/mol. The molecule has 1 amide bonds. The Balaban J connectivity index is 0.000000675. The van der Waals surface area contributed by atoms with Gasteiger partial charge in [0.15, 0.2) is 0 Å². The molecule has 1 aromatic carbocycles. The number of piperazine rings is 1. The number of benzene rings is 1. The number of hydrogen-bond acceptors (Lipinski definition) is 5. The molecule has 1 aromatic rings. The first-order chi connectivity index (χ1) is 15.4. The maximum absolute atomic E-state index is 13.1. The average molecular weight is 496 g/mol. The number of aryl methyl sites for hydroxylation is 1. The number of aliphatic carboxylic acids is 1. The van der Waals surface area contributed by atoms with Gasteiger partial charge in [-0.15, -0.1) is 0 Å². The summed E-state index contributed by atoms with van der Waals surface area (Å²) < 4.78 is 59.3. The van der Waals surface area contributed by atoms with Gasteiger partial charge in [0.05, 0.1) is 4.90 Å². The number of hydrogen-bond donors (Lipinski definition) is 2. The lowest BCUT2D eigenvalue weighted by atomic mass is 10.2.